The summed E-state index contributed by atoms with van der Waals surface area (Å²) in [6, 6.07) is 10.9. The maximum Gasteiger partial charge on any atom is 0.423 e. The molecule has 37 heavy (non-hydrogen) atoms. The fraction of sp³-hybridized carbons (Fsp3) is 0.276. The first-order valence-electron chi connectivity index (χ1n) is 12.1. The second-order valence-electron chi connectivity index (χ2n) is 9.94. The molecule has 0 bridgehead atoms. The summed E-state index contributed by atoms with van der Waals surface area (Å²) < 4.78 is 4.67. The van der Waals surface area contributed by atoms with Crippen LogP contribution in [0.2, 0.25) is 0 Å². The van der Waals surface area contributed by atoms with Crippen molar-refractivity contribution in [1.82, 2.24) is 4.90 Å². The van der Waals surface area contributed by atoms with Gasteiger partial charge < -0.3 is 9.84 Å². The fourth-order valence-corrected chi connectivity index (χ4v) is 6.49. The third kappa shape index (κ3) is 3.11. The average molecular weight is 498 g/mol. The van der Waals surface area contributed by atoms with Gasteiger partial charge in [0.25, 0.3) is 0 Å². The third-order valence-corrected chi connectivity index (χ3v) is 8.16. The molecule has 0 aromatic heterocycles. The Balaban J connectivity index is 1.56. The highest BCUT2D eigenvalue weighted by Gasteiger charge is 2.58. The number of hydrogen-bond acceptors (Lipinski definition) is 7. The number of aromatic hydroxyl groups is 1. The molecule has 1 N–H and O–H groups in total. The van der Waals surface area contributed by atoms with Crippen molar-refractivity contribution in [3.05, 3.63) is 76.4 Å². The normalized spacial score (nSPS) is 27.0. The summed E-state index contributed by atoms with van der Waals surface area (Å²) >= 11 is 0. The first-order valence-corrected chi connectivity index (χ1v) is 12.1. The highest BCUT2D eigenvalue weighted by molar-refractivity contribution is 6.24. The SMILES string of the molecule is COC(=O)N1C(=O)[C@H]2[C@H](CC=C3[C@H](c4ccc5ccccc5c4O)C4=C(C[C@H]32)C(=O)C=C(C)C4=O)C1=O. The van der Waals surface area contributed by atoms with Crippen LogP contribution >= 0.6 is 0 Å². The van der Waals surface area contributed by atoms with E-state index in [0.29, 0.717) is 32.6 Å². The lowest BCUT2D eigenvalue weighted by Gasteiger charge is -2.42. The number of likely N-dealkylation sites (tertiary alicyclic amines) is 1. The van der Waals surface area contributed by atoms with Crippen LogP contribution in [0.1, 0.15) is 31.2 Å². The van der Waals surface area contributed by atoms with Crippen molar-refractivity contribution in [2.45, 2.75) is 25.7 Å². The van der Waals surface area contributed by atoms with Gasteiger partial charge >= 0.3 is 6.09 Å². The van der Waals surface area contributed by atoms with Crippen molar-refractivity contribution in [2.75, 3.05) is 7.11 Å². The fourth-order valence-electron chi connectivity index (χ4n) is 6.49. The molecule has 0 radical (unpaired) electrons. The van der Waals surface area contributed by atoms with Gasteiger partial charge in [-0.05, 0) is 37.1 Å². The summed E-state index contributed by atoms with van der Waals surface area (Å²) in [5, 5.41) is 12.8. The Morgan fingerprint density at radius 2 is 1.78 bits per heavy atom. The van der Waals surface area contributed by atoms with E-state index in [9.17, 15) is 29.1 Å². The van der Waals surface area contributed by atoms with Crippen molar-refractivity contribution in [2.24, 2.45) is 17.8 Å². The lowest BCUT2D eigenvalue weighted by atomic mass is 9.59. The summed E-state index contributed by atoms with van der Waals surface area (Å²) in [6.45, 7) is 1.59. The molecule has 2 aromatic rings. The molecule has 0 unspecified atom stereocenters. The van der Waals surface area contributed by atoms with Gasteiger partial charge in [-0.15, -0.1) is 0 Å². The maximum absolute atomic E-state index is 13.5. The van der Waals surface area contributed by atoms with Gasteiger partial charge in [-0.1, -0.05) is 48.0 Å². The maximum atomic E-state index is 13.5. The summed E-state index contributed by atoms with van der Waals surface area (Å²) in [4.78, 5) is 65.9. The second-order valence-corrected chi connectivity index (χ2v) is 9.94. The van der Waals surface area contributed by atoms with Crippen LogP contribution in [0, 0.1) is 17.8 Å². The predicted octanol–water partition coefficient (Wildman–Crippen LogP) is 3.74. The van der Waals surface area contributed by atoms with Crippen molar-refractivity contribution in [1.29, 1.82) is 0 Å². The van der Waals surface area contributed by atoms with Gasteiger partial charge in [-0.3, -0.25) is 19.2 Å². The molecule has 1 aliphatic heterocycles. The number of carbonyl (C=O) groups is 5. The number of phenolic OH excluding ortho intramolecular Hbond substituents is 1. The molecule has 4 aliphatic rings. The van der Waals surface area contributed by atoms with E-state index in [4.69, 9.17) is 0 Å². The number of ether oxygens (including phenoxy) is 1. The molecule has 3 aliphatic carbocycles. The lowest BCUT2D eigenvalue weighted by molar-refractivity contribution is -0.137. The molecule has 2 aromatic carbocycles. The van der Waals surface area contributed by atoms with Gasteiger partial charge in [-0.2, -0.15) is 4.90 Å². The van der Waals surface area contributed by atoms with E-state index in [2.05, 4.69) is 4.74 Å². The summed E-state index contributed by atoms with van der Waals surface area (Å²) in [5.74, 6) is -4.89. The number of methoxy groups -OCH3 is 1. The monoisotopic (exact) mass is 497 g/mol. The Morgan fingerprint density at radius 3 is 2.54 bits per heavy atom. The number of benzene rings is 2. The van der Waals surface area contributed by atoms with Crippen molar-refractivity contribution < 1.29 is 33.8 Å². The van der Waals surface area contributed by atoms with Gasteiger partial charge in [-0.25, -0.2) is 4.79 Å². The first kappa shape index (κ1) is 23.1. The lowest BCUT2D eigenvalue weighted by Crippen LogP contribution is -2.40. The van der Waals surface area contributed by atoms with E-state index in [1.807, 2.05) is 24.3 Å². The van der Waals surface area contributed by atoms with E-state index < -0.39 is 41.6 Å². The number of rotatable bonds is 1. The third-order valence-electron chi connectivity index (χ3n) is 8.16. The van der Waals surface area contributed by atoms with E-state index in [1.165, 1.54) is 6.08 Å². The molecule has 4 atom stereocenters. The minimum atomic E-state index is -1.03. The Hall–Kier alpha value is -4.33. The zero-order valence-electron chi connectivity index (χ0n) is 20.2. The summed E-state index contributed by atoms with van der Waals surface area (Å²) in [7, 11) is 1.10. The molecule has 0 saturated carbocycles. The number of phenols is 1. The van der Waals surface area contributed by atoms with E-state index >= 15 is 0 Å². The minimum Gasteiger partial charge on any atom is -0.507 e. The largest absolute Gasteiger partial charge is 0.507 e. The summed E-state index contributed by atoms with van der Waals surface area (Å²) in [5.41, 5.74) is 2.06. The average Bonchev–Trinajstić information content (AvgIpc) is 3.16. The highest BCUT2D eigenvalue weighted by Crippen LogP contribution is 2.56. The van der Waals surface area contributed by atoms with Crippen LogP contribution in [0.4, 0.5) is 4.79 Å². The Morgan fingerprint density at radius 1 is 1.03 bits per heavy atom. The van der Waals surface area contributed by atoms with E-state index in [-0.39, 0.29) is 35.7 Å². The number of Topliss-reactive ketones (excluding diaryl/α,β-unsaturated/α-hetero) is 1. The predicted molar refractivity (Wildman–Crippen MR) is 131 cm³/mol. The van der Waals surface area contributed by atoms with Gasteiger partial charge in [0.2, 0.25) is 11.8 Å². The number of fused-ring (bicyclic) bond motifs is 4. The number of nitrogens with zero attached hydrogens (tertiary/aromatic N) is 1. The number of ketones is 2. The van der Waals surface area contributed by atoms with Crippen LogP contribution in [0.25, 0.3) is 10.8 Å². The zero-order valence-corrected chi connectivity index (χ0v) is 20.2. The van der Waals surface area contributed by atoms with Crippen LogP contribution in [0.5, 0.6) is 5.75 Å². The van der Waals surface area contributed by atoms with Crippen LogP contribution in [0.3, 0.4) is 0 Å². The topological polar surface area (TPSA) is 118 Å². The number of amides is 3. The van der Waals surface area contributed by atoms with Crippen LogP contribution in [-0.2, 0) is 23.9 Å². The van der Waals surface area contributed by atoms with Gasteiger partial charge in [0.1, 0.15) is 5.75 Å². The van der Waals surface area contributed by atoms with Crippen LogP contribution < -0.4 is 0 Å². The van der Waals surface area contributed by atoms with E-state index in [0.717, 1.165) is 12.5 Å². The van der Waals surface area contributed by atoms with E-state index in [1.54, 1.807) is 25.1 Å². The molecule has 3 amide bonds. The minimum absolute atomic E-state index is 0.00362. The molecular weight excluding hydrogens is 474 g/mol. The smallest absolute Gasteiger partial charge is 0.423 e. The Labute approximate surface area is 211 Å². The first-order chi connectivity index (χ1) is 17.7. The number of carbonyl (C=O) groups excluding carboxylic acids is 5. The molecule has 8 nitrogen and oxygen atoms in total. The molecule has 1 saturated heterocycles. The van der Waals surface area contributed by atoms with Gasteiger partial charge in [0, 0.05) is 33.6 Å². The number of imide groups is 3. The number of allylic oxidation sites excluding steroid dienone is 6. The Bertz CT molecular complexity index is 1560. The zero-order chi connectivity index (χ0) is 26.2. The molecule has 1 heterocycles. The highest BCUT2D eigenvalue weighted by atomic mass is 16.5. The standard InChI is InChI=1S/C29H23NO7/c1-13-11-21(31)20-12-19-16(9-10-18-23(19)28(35)30(27(18)34)29(36)37-2)22(24(20)25(13)32)17-8-7-14-5-3-4-6-15(14)26(17)33/h3-9,11,18-19,22-23,33H,10,12H2,1-2H3/t18-,19+,22+,23-/m0/s1. The van der Waals surface area contributed by atoms with Crippen LogP contribution in [0.15, 0.2) is 70.8 Å². The number of hydrogen-bond donors (Lipinski definition) is 1. The molecule has 8 heteroatoms. The molecule has 6 rings (SSSR count). The van der Waals surface area contributed by atoms with Crippen molar-refractivity contribution >= 4 is 40.2 Å². The second kappa shape index (κ2) is 8.09. The van der Waals surface area contributed by atoms with Crippen molar-refractivity contribution in [3.63, 3.8) is 0 Å². The van der Waals surface area contributed by atoms with Gasteiger partial charge in [0.15, 0.2) is 11.6 Å². The summed E-state index contributed by atoms with van der Waals surface area (Å²) in [6.07, 6.45) is 2.39. The molecule has 1 fully saturated rings. The van der Waals surface area contributed by atoms with Gasteiger partial charge in [0.05, 0.1) is 18.9 Å². The molecular formula is C29H23NO7. The van der Waals surface area contributed by atoms with Crippen molar-refractivity contribution in [3.8, 4) is 5.75 Å². The molecule has 0 spiro atoms. The van der Waals surface area contributed by atoms with Crippen LogP contribution in [-0.4, -0.2) is 46.6 Å². The quantitative estimate of drug-likeness (QED) is 0.362. The Kier molecular flexibility index (Phi) is 5.05. The molecule has 186 valence electrons.